The van der Waals surface area contributed by atoms with Gasteiger partial charge >= 0.3 is 5.97 Å². The molecule has 4 nitrogen and oxygen atoms in total. The average Bonchev–Trinajstić information content (AvgIpc) is 2.80. The molecule has 212 valence electrons. The molecule has 4 heteroatoms. The van der Waals surface area contributed by atoms with Gasteiger partial charge in [0, 0.05) is 6.42 Å². The Morgan fingerprint density at radius 2 is 0.800 bits per heavy atom. The van der Waals surface area contributed by atoms with E-state index in [1.165, 1.54) is 116 Å². The summed E-state index contributed by atoms with van der Waals surface area (Å²) in [6.07, 6.45) is 27.7. The van der Waals surface area contributed by atoms with Crippen LogP contribution in [0.1, 0.15) is 175 Å². The van der Waals surface area contributed by atoms with Gasteiger partial charge in [0.2, 0.25) is 0 Å². The van der Waals surface area contributed by atoms with Gasteiger partial charge < -0.3 is 15.3 Å². The highest BCUT2D eigenvalue weighted by Crippen LogP contribution is 2.22. The molecule has 0 bridgehead atoms. The van der Waals surface area contributed by atoms with E-state index in [1.54, 1.807) is 13.8 Å². The summed E-state index contributed by atoms with van der Waals surface area (Å²) in [5, 5.41) is 26.5. The molecule has 0 radical (unpaired) electrons. The Morgan fingerprint density at radius 3 is 1.06 bits per heavy atom. The number of rotatable bonds is 25. The normalized spacial score (nSPS) is 13.7. The summed E-state index contributed by atoms with van der Waals surface area (Å²) in [5.41, 5.74) is 0. The predicted molar refractivity (Wildman–Crippen MR) is 152 cm³/mol. The lowest BCUT2D eigenvalue weighted by Gasteiger charge is -2.14. The van der Waals surface area contributed by atoms with Gasteiger partial charge in [0.05, 0.1) is 12.2 Å². The van der Waals surface area contributed by atoms with E-state index < -0.39 is 5.97 Å². The largest absolute Gasteiger partial charge is 0.481 e. The zero-order chi connectivity index (χ0) is 26.6. The van der Waals surface area contributed by atoms with Crippen molar-refractivity contribution in [3.8, 4) is 0 Å². The third-order valence-electron chi connectivity index (χ3n) is 6.90. The number of carbonyl (C=O) groups is 1. The SMILES string of the molecule is CC(O)CCC(C)O.CCCCCCCCCCCCC(CCCCCCCCCC)CC(=O)O. The molecule has 0 aliphatic heterocycles. The maximum atomic E-state index is 11.1. The summed E-state index contributed by atoms with van der Waals surface area (Å²) in [6, 6.07) is 0. The number of carboxylic acid groups (broad SMARTS) is 1. The Morgan fingerprint density at radius 1 is 0.514 bits per heavy atom. The molecule has 0 aliphatic carbocycles. The second-order valence-corrected chi connectivity index (χ2v) is 11.0. The highest BCUT2D eigenvalue weighted by molar-refractivity contribution is 5.66. The van der Waals surface area contributed by atoms with Gasteiger partial charge in [0.1, 0.15) is 0 Å². The van der Waals surface area contributed by atoms with Gasteiger partial charge in [0.25, 0.3) is 0 Å². The molecule has 35 heavy (non-hydrogen) atoms. The van der Waals surface area contributed by atoms with Crippen molar-refractivity contribution in [3.05, 3.63) is 0 Å². The number of unbranched alkanes of at least 4 members (excludes halogenated alkanes) is 16. The first-order valence-corrected chi connectivity index (χ1v) is 15.4. The number of aliphatic carboxylic acids is 1. The van der Waals surface area contributed by atoms with Crippen LogP contribution in [0.2, 0.25) is 0 Å². The summed E-state index contributed by atoms with van der Waals surface area (Å²) >= 11 is 0. The smallest absolute Gasteiger partial charge is 0.303 e. The van der Waals surface area contributed by atoms with Gasteiger partial charge in [0.15, 0.2) is 0 Å². The first-order valence-electron chi connectivity index (χ1n) is 15.4. The van der Waals surface area contributed by atoms with E-state index in [0.717, 1.165) is 12.8 Å². The fourth-order valence-electron chi connectivity index (χ4n) is 4.57. The lowest BCUT2D eigenvalue weighted by molar-refractivity contribution is -0.138. The van der Waals surface area contributed by atoms with E-state index >= 15 is 0 Å². The molecule has 0 fully saturated rings. The third-order valence-corrected chi connectivity index (χ3v) is 6.90. The minimum Gasteiger partial charge on any atom is -0.481 e. The molecule has 0 saturated carbocycles. The maximum Gasteiger partial charge on any atom is 0.303 e. The number of carboxylic acids is 1. The molecule has 3 atom stereocenters. The Labute approximate surface area is 219 Å². The van der Waals surface area contributed by atoms with Crippen LogP contribution in [0.15, 0.2) is 0 Å². The fourth-order valence-corrected chi connectivity index (χ4v) is 4.57. The summed E-state index contributed by atoms with van der Waals surface area (Å²) in [7, 11) is 0. The van der Waals surface area contributed by atoms with Crippen LogP contribution in [0, 0.1) is 5.92 Å². The first kappa shape index (κ1) is 36.5. The van der Waals surface area contributed by atoms with Crippen LogP contribution in [0.25, 0.3) is 0 Å². The molecule has 0 aromatic rings. The Hall–Kier alpha value is -0.610. The maximum absolute atomic E-state index is 11.1. The second-order valence-electron chi connectivity index (χ2n) is 11.0. The van der Waals surface area contributed by atoms with Gasteiger partial charge in [-0.15, -0.1) is 0 Å². The molecule has 0 aromatic carbocycles. The monoisotopic (exact) mass is 500 g/mol. The van der Waals surface area contributed by atoms with Gasteiger partial charge in [-0.25, -0.2) is 0 Å². The van der Waals surface area contributed by atoms with Crippen molar-refractivity contribution in [2.45, 2.75) is 188 Å². The minimum absolute atomic E-state index is 0.274. The molecular formula is C31H64O4. The van der Waals surface area contributed by atoms with Gasteiger partial charge in [-0.3, -0.25) is 4.79 Å². The Bertz CT molecular complexity index is 401. The molecular weight excluding hydrogens is 436 g/mol. The van der Waals surface area contributed by atoms with Crippen molar-refractivity contribution >= 4 is 5.97 Å². The summed E-state index contributed by atoms with van der Waals surface area (Å²) in [4.78, 5) is 11.1. The standard InChI is InChI=1S/C25H50O2.C6H14O2/c1-3-5-7-9-11-13-14-16-18-20-22-24(23-25(26)27)21-19-17-15-12-10-8-6-4-2;1-5(7)3-4-6(2)8/h24H,3-23H2,1-2H3,(H,26,27);5-8H,3-4H2,1-2H3. The van der Waals surface area contributed by atoms with Crippen molar-refractivity contribution in [1.29, 1.82) is 0 Å². The van der Waals surface area contributed by atoms with Crippen molar-refractivity contribution in [2.75, 3.05) is 0 Å². The minimum atomic E-state index is -0.605. The molecule has 3 unspecified atom stereocenters. The van der Waals surface area contributed by atoms with Crippen LogP contribution in [-0.4, -0.2) is 33.5 Å². The number of hydrogen-bond acceptors (Lipinski definition) is 3. The zero-order valence-corrected chi connectivity index (χ0v) is 24.2. The first-order chi connectivity index (χ1) is 16.8. The van der Waals surface area contributed by atoms with E-state index in [4.69, 9.17) is 15.3 Å². The van der Waals surface area contributed by atoms with E-state index in [0.29, 0.717) is 25.2 Å². The summed E-state index contributed by atoms with van der Waals surface area (Å²) in [5.74, 6) is -0.191. The Kier molecular flexibility index (Phi) is 30.9. The predicted octanol–water partition coefficient (Wildman–Crippen LogP) is 9.45. The highest BCUT2D eigenvalue weighted by Gasteiger charge is 2.12. The molecule has 0 saturated heterocycles. The molecule has 0 amide bonds. The van der Waals surface area contributed by atoms with Crippen LogP contribution in [-0.2, 0) is 4.79 Å². The van der Waals surface area contributed by atoms with E-state index in [-0.39, 0.29) is 12.2 Å². The van der Waals surface area contributed by atoms with Gasteiger partial charge in [-0.2, -0.15) is 0 Å². The molecule has 0 heterocycles. The van der Waals surface area contributed by atoms with Gasteiger partial charge in [-0.05, 0) is 45.4 Å². The van der Waals surface area contributed by atoms with Gasteiger partial charge in [-0.1, -0.05) is 129 Å². The van der Waals surface area contributed by atoms with Crippen molar-refractivity contribution in [1.82, 2.24) is 0 Å². The third kappa shape index (κ3) is 35.6. The Balaban J connectivity index is 0. The van der Waals surface area contributed by atoms with Crippen LogP contribution >= 0.6 is 0 Å². The van der Waals surface area contributed by atoms with Crippen LogP contribution in [0.3, 0.4) is 0 Å². The van der Waals surface area contributed by atoms with E-state index in [1.807, 2.05) is 0 Å². The number of aliphatic hydroxyl groups is 2. The second kappa shape index (κ2) is 29.6. The summed E-state index contributed by atoms with van der Waals surface area (Å²) < 4.78 is 0. The van der Waals surface area contributed by atoms with E-state index in [9.17, 15) is 4.79 Å². The quantitative estimate of drug-likeness (QED) is 0.109. The van der Waals surface area contributed by atoms with Crippen molar-refractivity contribution in [2.24, 2.45) is 5.92 Å². The van der Waals surface area contributed by atoms with Crippen molar-refractivity contribution in [3.63, 3.8) is 0 Å². The average molecular weight is 501 g/mol. The molecule has 0 rings (SSSR count). The highest BCUT2D eigenvalue weighted by atomic mass is 16.4. The number of aliphatic hydroxyl groups excluding tert-OH is 2. The fraction of sp³-hybridized carbons (Fsp3) is 0.968. The van der Waals surface area contributed by atoms with Crippen LogP contribution in [0.5, 0.6) is 0 Å². The molecule has 3 N–H and O–H groups in total. The van der Waals surface area contributed by atoms with Crippen LogP contribution in [0.4, 0.5) is 0 Å². The molecule has 0 spiro atoms. The number of hydrogen-bond donors (Lipinski definition) is 3. The lowest BCUT2D eigenvalue weighted by Crippen LogP contribution is -2.08. The zero-order valence-electron chi connectivity index (χ0n) is 24.2. The van der Waals surface area contributed by atoms with E-state index in [2.05, 4.69) is 13.8 Å². The molecule has 0 aliphatic rings. The van der Waals surface area contributed by atoms with Crippen molar-refractivity contribution < 1.29 is 20.1 Å². The summed E-state index contributed by atoms with van der Waals surface area (Å²) in [6.45, 7) is 7.98. The van der Waals surface area contributed by atoms with Crippen LogP contribution < -0.4 is 0 Å². The molecule has 0 aromatic heterocycles. The topological polar surface area (TPSA) is 77.8 Å². The lowest BCUT2D eigenvalue weighted by atomic mass is 9.91.